The van der Waals surface area contributed by atoms with Crippen molar-refractivity contribution in [3.8, 4) is 0 Å². The van der Waals surface area contributed by atoms with Gasteiger partial charge in [0.15, 0.2) is 5.11 Å². The minimum absolute atomic E-state index is 0.623. The van der Waals surface area contributed by atoms with E-state index in [1.165, 1.54) is 36.8 Å². The Morgan fingerprint density at radius 2 is 1.73 bits per heavy atom. The van der Waals surface area contributed by atoms with E-state index in [4.69, 9.17) is 12.2 Å². The van der Waals surface area contributed by atoms with Crippen molar-refractivity contribution in [2.45, 2.75) is 45.2 Å². The van der Waals surface area contributed by atoms with E-state index < -0.39 is 0 Å². The van der Waals surface area contributed by atoms with Crippen molar-refractivity contribution in [2.24, 2.45) is 0 Å². The topological polar surface area (TPSA) is 18.5 Å². The lowest BCUT2D eigenvalue weighted by atomic mass is 10.1. The van der Waals surface area contributed by atoms with Crippen molar-refractivity contribution in [2.75, 3.05) is 26.2 Å². The lowest BCUT2D eigenvalue weighted by Gasteiger charge is -2.37. The molecule has 4 heteroatoms. The number of hydrogen-bond acceptors (Lipinski definition) is 2. The molecular weight excluding hydrogens is 290 g/mol. The third kappa shape index (κ3) is 4.20. The average molecular weight is 318 g/mol. The molecule has 1 saturated heterocycles. The fraction of sp³-hybridized carbons (Fsp3) is 0.611. The molecule has 1 N–H and O–H groups in total. The Morgan fingerprint density at radius 3 is 2.36 bits per heavy atom. The van der Waals surface area contributed by atoms with Gasteiger partial charge in [-0.15, -0.1) is 0 Å². The van der Waals surface area contributed by atoms with Crippen LogP contribution in [-0.2, 0) is 6.54 Å². The summed E-state index contributed by atoms with van der Waals surface area (Å²) in [5.74, 6) is 0. The SMILES string of the molecule is Cc1ccc(CN2CCN(C(=S)NC3CCCC3)CC2)cc1. The maximum Gasteiger partial charge on any atom is 0.169 e. The standard InChI is InChI=1S/C18H27N3S/c1-15-6-8-16(9-7-15)14-20-10-12-21(13-11-20)18(22)19-17-4-2-3-5-17/h6-9,17H,2-5,10-14H2,1H3,(H,19,22). The number of benzene rings is 1. The molecule has 1 heterocycles. The maximum absolute atomic E-state index is 5.59. The Kier molecular flexibility index (Phi) is 5.32. The lowest BCUT2D eigenvalue weighted by Crippen LogP contribution is -2.52. The molecule has 1 aliphatic heterocycles. The minimum atomic E-state index is 0.623. The number of hydrogen-bond donors (Lipinski definition) is 1. The molecule has 2 fully saturated rings. The van der Waals surface area contributed by atoms with Crippen molar-refractivity contribution < 1.29 is 0 Å². The molecule has 1 saturated carbocycles. The van der Waals surface area contributed by atoms with Crippen molar-refractivity contribution in [3.63, 3.8) is 0 Å². The molecule has 0 bridgehead atoms. The van der Waals surface area contributed by atoms with Crippen molar-refractivity contribution in [1.29, 1.82) is 0 Å². The molecule has 1 aliphatic carbocycles. The molecule has 120 valence electrons. The van der Waals surface area contributed by atoms with Crippen LogP contribution in [0.15, 0.2) is 24.3 Å². The monoisotopic (exact) mass is 317 g/mol. The quantitative estimate of drug-likeness (QED) is 0.864. The second kappa shape index (κ2) is 7.42. The Bertz CT molecular complexity index is 486. The fourth-order valence-electron chi connectivity index (χ4n) is 3.40. The minimum Gasteiger partial charge on any atom is -0.360 e. The summed E-state index contributed by atoms with van der Waals surface area (Å²) in [5.41, 5.74) is 2.74. The first-order valence-electron chi connectivity index (χ1n) is 8.54. The van der Waals surface area contributed by atoms with Crippen LogP contribution in [0, 0.1) is 6.92 Å². The molecule has 0 spiro atoms. The summed E-state index contributed by atoms with van der Waals surface area (Å²) >= 11 is 5.59. The second-order valence-corrected chi connectivity index (χ2v) is 7.07. The number of nitrogens with one attached hydrogen (secondary N) is 1. The van der Waals surface area contributed by atoms with Crippen molar-refractivity contribution in [1.82, 2.24) is 15.1 Å². The summed E-state index contributed by atoms with van der Waals surface area (Å²) < 4.78 is 0. The summed E-state index contributed by atoms with van der Waals surface area (Å²) in [6.45, 7) is 7.48. The van der Waals surface area contributed by atoms with Crippen LogP contribution < -0.4 is 5.32 Å². The van der Waals surface area contributed by atoms with Crippen LogP contribution in [0.25, 0.3) is 0 Å². The van der Waals surface area contributed by atoms with E-state index in [-0.39, 0.29) is 0 Å². The largest absolute Gasteiger partial charge is 0.360 e. The van der Waals surface area contributed by atoms with Crippen LogP contribution >= 0.6 is 12.2 Å². The van der Waals surface area contributed by atoms with Gasteiger partial charge in [-0.2, -0.15) is 0 Å². The van der Waals surface area contributed by atoms with E-state index in [0.717, 1.165) is 37.8 Å². The molecule has 1 aromatic carbocycles. The van der Waals surface area contributed by atoms with Gasteiger partial charge < -0.3 is 10.2 Å². The predicted molar refractivity (Wildman–Crippen MR) is 96.0 cm³/mol. The van der Waals surface area contributed by atoms with E-state index in [9.17, 15) is 0 Å². The zero-order valence-electron chi connectivity index (χ0n) is 13.6. The van der Waals surface area contributed by atoms with Crippen LogP contribution in [-0.4, -0.2) is 47.1 Å². The molecule has 2 aliphatic rings. The van der Waals surface area contributed by atoms with Gasteiger partial charge in [-0.3, -0.25) is 4.90 Å². The zero-order chi connectivity index (χ0) is 15.4. The Morgan fingerprint density at radius 1 is 1.09 bits per heavy atom. The first kappa shape index (κ1) is 15.8. The molecule has 3 rings (SSSR count). The Labute approximate surface area is 139 Å². The first-order chi connectivity index (χ1) is 10.7. The van der Waals surface area contributed by atoms with Crippen molar-refractivity contribution in [3.05, 3.63) is 35.4 Å². The van der Waals surface area contributed by atoms with Crippen LogP contribution in [0.3, 0.4) is 0 Å². The number of thiocarbonyl (C=S) groups is 1. The first-order valence-corrected chi connectivity index (χ1v) is 8.95. The predicted octanol–water partition coefficient (Wildman–Crippen LogP) is 2.93. The van der Waals surface area contributed by atoms with Gasteiger partial charge in [-0.05, 0) is 37.5 Å². The Balaban J connectivity index is 1.43. The van der Waals surface area contributed by atoms with Crippen LogP contribution in [0.4, 0.5) is 0 Å². The number of piperazine rings is 1. The normalized spacial score (nSPS) is 20.3. The summed E-state index contributed by atoms with van der Waals surface area (Å²) in [4.78, 5) is 4.87. The number of aryl methyl sites for hydroxylation is 1. The number of nitrogens with zero attached hydrogens (tertiary/aromatic N) is 2. The molecular formula is C18H27N3S. The molecule has 0 atom stereocenters. The second-order valence-electron chi connectivity index (χ2n) is 6.68. The highest BCUT2D eigenvalue weighted by molar-refractivity contribution is 7.80. The van der Waals surface area contributed by atoms with E-state index in [2.05, 4.69) is 46.3 Å². The van der Waals surface area contributed by atoms with E-state index in [1.807, 2.05) is 0 Å². The molecule has 0 aromatic heterocycles. The molecule has 1 aromatic rings. The smallest absolute Gasteiger partial charge is 0.169 e. The van der Waals surface area contributed by atoms with Gasteiger partial charge in [0.25, 0.3) is 0 Å². The highest BCUT2D eigenvalue weighted by Gasteiger charge is 2.22. The van der Waals surface area contributed by atoms with Crippen molar-refractivity contribution >= 4 is 17.3 Å². The van der Waals surface area contributed by atoms with Crippen LogP contribution in [0.1, 0.15) is 36.8 Å². The summed E-state index contributed by atoms with van der Waals surface area (Å²) in [7, 11) is 0. The molecule has 0 unspecified atom stereocenters. The maximum atomic E-state index is 5.59. The van der Waals surface area contributed by atoms with E-state index in [1.54, 1.807) is 0 Å². The molecule has 22 heavy (non-hydrogen) atoms. The average Bonchev–Trinajstić information content (AvgIpc) is 3.03. The van der Waals surface area contributed by atoms with Gasteiger partial charge >= 0.3 is 0 Å². The van der Waals surface area contributed by atoms with E-state index >= 15 is 0 Å². The molecule has 0 amide bonds. The number of rotatable bonds is 3. The van der Waals surface area contributed by atoms with E-state index in [0.29, 0.717) is 6.04 Å². The third-order valence-corrected chi connectivity index (χ3v) is 5.25. The van der Waals surface area contributed by atoms with Crippen LogP contribution in [0.2, 0.25) is 0 Å². The lowest BCUT2D eigenvalue weighted by molar-refractivity contribution is 0.174. The summed E-state index contributed by atoms with van der Waals surface area (Å²) in [6, 6.07) is 9.51. The van der Waals surface area contributed by atoms with Gasteiger partial charge in [0.1, 0.15) is 0 Å². The molecule has 3 nitrogen and oxygen atoms in total. The van der Waals surface area contributed by atoms with Gasteiger partial charge in [0, 0.05) is 38.8 Å². The molecule has 0 radical (unpaired) electrons. The zero-order valence-corrected chi connectivity index (χ0v) is 14.4. The fourth-order valence-corrected chi connectivity index (χ4v) is 3.75. The van der Waals surface area contributed by atoms with Gasteiger partial charge in [-0.25, -0.2) is 0 Å². The summed E-state index contributed by atoms with van der Waals surface area (Å²) in [6.07, 6.45) is 5.27. The van der Waals surface area contributed by atoms with Gasteiger partial charge in [-0.1, -0.05) is 42.7 Å². The highest BCUT2D eigenvalue weighted by atomic mass is 32.1. The van der Waals surface area contributed by atoms with Crippen LogP contribution in [0.5, 0.6) is 0 Å². The van der Waals surface area contributed by atoms with Gasteiger partial charge in [0.2, 0.25) is 0 Å². The van der Waals surface area contributed by atoms with Gasteiger partial charge in [0.05, 0.1) is 0 Å². The third-order valence-electron chi connectivity index (χ3n) is 4.87. The summed E-state index contributed by atoms with van der Waals surface area (Å²) in [5, 5.41) is 4.53. The highest BCUT2D eigenvalue weighted by Crippen LogP contribution is 2.18. The Hall–Kier alpha value is -1.13.